The second kappa shape index (κ2) is 12.2. The van der Waals surface area contributed by atoms with Crippen LogP contribution in [0.3, 0.4) is 0 Å². The zero-order chi connectivity index (χ0) is 30.2. The van der Waals surface area contributed by atoms with Gasteiger partial charge in [0.15, 0.2) is 11.5 Å². The van der Waals surface area contributed by atoms with Crippen molar-refractivity contribution in [2.45, 2.75) is 96.5 Å². The lowest BCUT2D eigenvalue weighted by molar-refractivity contribution is -0.199. The fourth-order valence-corrected chi connectivity index (χ4v) is 7.44. The average Bonchev–Trinajstić information content (AvgIpc) is 3.28. The van der Waals surface area contributed by atoms with E-state index in [1.54, 1.807) is 26.4 Å². The van der Waals surface area contributed by atoms with Crippen LogP contribution in [0.25, 0.3) is 0 Å². The van der Waals surface area contributed by atoms with Gasteiger partial charge in [0.2, 0.25) is 11.8 Å². The van der Waals surface area contributed by atoms with Crippen LogP contribution < -0.4 is 25.4 Å². The van der Waals surface area contributed by atoms with Crippen molar-refractivity contribution in [2.24, 2.45) is 23.2 Å². The molecule has 1 aliphatic heterocycles. The van der Waals surface area contributed by atoms with Crippen molar-refractivity contribution >= 4 is 18.9 Å². The van der Waals surface area contributed by atoms with Gasteiger partial charge >= 0.3 is 7.12 Å². The van der Waals surface area contributed by atoms with E-state index in [1.165, 1.54) is 6.42 Å². The first-order valence-electron chi connectivity index (χ1n) is 15.5. The fourth-order valence-electron chi connectivity index (χ4n) is 7.44. The van der Waals surface area contributed by atoms with Crippen LogP contribution in [-0.4, -0.2) is 69.4 Å². The largest absolute Gasteiger partial charge is 0.493 e. The molecule has 9 nitrogen and oxygen atoms in total. The highest BCUT2D eigenvalue weighted by Crippen LogP contribution is 2.65. The van der Waals surface area contributed by atoms with Gasteiger partial charge in [0, 0.05) is 12.6 Å². The van der Waals surface area contributed by atoms with Crippen LogP contribution in [0.4, 0.5) is 0 Å². The van der Waals surface area contributed by atoms with Gasteiger partial charge in [-0.05, 0) is 73.5 Å². The van der Waals surface area contributed by atoms with Gasteiger partial charge in [0.1, 0.15) is 6.04 Å². The van der Waals surface area contributed by atoms with E-state index < -0.39 is 13.2 Å². The second-order valence-corrected chi connectivity index (χ2v) is 13.7. The molecule has 0 spiro atoms. The maximum Gasteiger partial charge on any atom is 0.481 e. The number of hydrogen-bond acceptors (Lipinski definition) is 7. The minimum Gasteiger partial charge on any atom is -0.493 e. The molecule has 4 aliphatic carbocycles. The molecule has 10 heteroatoms. The number of methoxy groups -OCH3 is 2. The predicted molar refractivity (Wildman–Crippen MR) is 162 cm³/mol. The summed E-state index contributed by atoms with van der Waals surface area (Å²) in [4.78, 5) is 26.7. The van der Waals surface area contributed by atoms with Crippen molar-refractivity contribution < 1.29 is 28.4 Å². The zero-order valence-electron chi connectivity index (χ0n) is 26.2. The number of nitrogens with one attached hydrogen (secondary N) is 3. The minimum atomic E-state index is -0.602. The molecule has 5 aliphatic rings. The second-order valence-electron chi connectivity index (χ2n) is 13.7. The summed E-state index contributed by atoms with van der Waals surface area (Å²) in [5.41, 5.74) is 0.709. The number of carbonyl (C=O) groups excluding carboxylic acids is 2. The third kappa shape index (κ3) is 6.08. The van der Waals surface area contributed by atoms with Crippen LogP contribution in [0.2, 0.25) is 0 Å². The fraction of sp³-hybridized carbons (Fsp3) is 0.688. The van der Waals surface area contributed by atoms with Gasteiger partial charge in [-0.15, -0.1) is 0 Å². The molecule has 42 heavy (non-hydrogen) atoms. The molecule has 7 atom stereocenters. The smallest absolute Gasteiger partial charge is 0.481 e. The number of amides is 2. The van der Waals surface area contributed by atoms with E-state index in [0.29, 0.717) is 29.3 Å². The molecule has 0 radical (unpaired) electrons. The number of benzene rings is 1. The van der Waals surface area contributed by atoms with Crippen molar-refractivity contribution in [2.75, 3.05) is 20.8 Å². The summed E-state index contributed by atoms with van der Waals surface area (Å²) in [5, 5.41) is 9.63. The van der Waals surface area contributed by atoms with Gasteiger partial charge in [-0.2, -0.15) is 0 Å². The van der Waals surface area contributed by atoms with Gasteiger partial charge in [-0.25, -0.2) is 0 Å². The predicted octanol–water partition coefficient (Wildman–Crippen LogP) is 3.45. The van der Waals surface area contributed by atoms with Crippen molar-refractivity contribution in [3.8, 4) is 11.5 Å². The minimum absolute atomic E-state index is 0.0516. The Bertz CT molecular complexity index is 1190. The molecule has 2 amide bonds. The normalized spacial score (nSPS) is 30.0. The van der Waals surface area contributed by atoms with E-state index in [4.69, 9.17) is 18.8 Å². The van der Waals surface area contributed by atoms with E-state index in [0.717, 1.165) is 24.8 Å². The third-order valence-corrected chi connectivity index (χ3v) is 10.2. The topological polar surface area (TPSA) is 107 Å². The summed E-state index contributed by atoms with van der Waals surface area (Å²) in [6.45, 7) is 11.4. The Morgan fingerprint density at radius 2 is 1.86 bits per heavy atom. The van der Waals surface area contributed by atoms with Crippen LogP contribution in [0.5, 0.6) is 11.5 Å². The molecular formula is C32H48BN3O6. The third-order valence-electron chi connectivity index (χ3n) is 10.2. The summed E-state index contributed by atoms with van der Waals surface area (Å²) in [6, 6.07) is 4.91. The van der Waals surface area contributed by atoms with Gasteiger partial charge in [-0.3, -0.25) is 14.9 Å². The van der Waals surface area contributed by atoms with Crippen molar-refractivity contribution in [1.82, 2.24) is 16.0 Å². The first-order chi connectivity index (χ1) is 19.9. The van der Waals surface area contributed by atoms with Crippen molar-refractivity contribution in [3.05, 3.63) is 35.9 Å². The Balaban J connectivity index is 1.23. The number of carbonyl (C=O) groups is 2. The lowest BCUT2D eigenvalue weighted by Gasteiger charge is -2.64. The first kappa shape index (κ1) is 30.9. The molecule has 4 fully saturated rings. The number of ether oxygens (including phenoxy) is 2. The molecule has 3 N–H and O–H groups in total. The van der Waals surface area contributed by atoms with Crippen molar-refractivity contribution in [1.29, 1.82) is 0 Å². The molecule has 6 rings (SSSR count). The monoisotopic (exact) mass is 581 g/mol. The van der Waals surface area contributed by atoms with Crippen LogP contribution >= 0.6 is 0 Å². The molecule has 1 aromatic rings. The molecule has 230 valence electrons. The van der Waals surface area contributed by atoms with E-state index in [2.05, 4.69) is 56.6 Å². The van der Waals surface area contributed by atoms with Crippen LogP contribution in [0.15, 0.2) is 30.4 Å². The Morgan fingerprint density at radius 1 is 1.12 bits per heavy atom. The Kier molecular flexibility index (Phi) is 8.98. The molecule has 0 aromatic heterocycles. The average molecular weight is 582 g/mol. The van der Waals surface area contributed by atoms with Crippen LogP contribution in [0, 0.1) is 23.2 Å². The lowest BCUT2D eigenvalue weighted by Crippen LogP contribution is -2.65. The summed E-state index contributed by atoms with van der Waals surface area (Å²) < 4.78 is 24.0. The maximum atomic E-state index is 13.8. The number of rotatable bonds is 13. The van der Waals surface area contributed by atoms with Crippen LogP contribution in [0.1, 0.15) is 65.9 Å². The zero-order valence-corrected chi connectivity index (χ0v) is 26.2. The molecule has 3 saturated carbocycles. The van der Waals surface area contributed by atoms with Gasteiger partial charge in [0.25, 0.3) is 0 Å². The summed E-state index contributed by atoms with van der Waals surface area (Å²) in [6.07, 6.45) is 8.10. The van der Waals surface area contributed by atoms with Crippen LogP contribution in [-0.2, 0) is 25.3 Å². The molecular weight excluding hydrogens is 533 g/mol. The highest BCUT2D eigenvalue weighted by atomic mass is 16.7. The molecule has 1 saturated heterocycles. The first-order valence-corrected chi connectivity index (χ1v) is 15.5. The highest BCUT2D eigenvalue weighted by Gasteiger charge is 2.68. The van der Waals surface area contributed by atoms with Gasteiger partial charge in [-0.1, -0.05) is 45.9 Å². The highest BCUT2D eigenvalue weighted by molar-refractivity contribution is 6.47. The van der Waals surface area contributed by atoms with Gasteiger partial charge in [0.05, 0.1) is 38.3 Å². The molecule has 1 unspecified atom stereocenters. The lowest BCUT2D eigenvalue weighted by atomic mass is 9.43. The standard InChI is InChI=1S/C32H48BN3O6/c1-19(2)13-28(33-41-27-17-21-16-26(31(21,3)4)32(27,5)42-33)36-30(38)23(35-22-9-8-10-22)18-34-29(37)15-20-11-12-24(39-6)25(14-20)40-7/h8-9,11-12,14,19,21-23,26-28,35H,10,13,15-18H2,1-7H3,(H,34,37)(H,36,38)/t21-,22?,23-,26-,27+,28-,32-/m0/s1. The summed E-state index contributed by atoms with van der Waals surface area (Å²) >= 11 is 0. The molecule has 1 aromatic carbocycles. The van der Waals surface area contributed by atoms with Gasteiger partial charge < -0.3 is 29.4 Å². The van der Waals surface area contributed by atoms with Crippen molar-refractivity contribution in [3.63, 3.8) is 0 Å². The summed E-state index contributed by atoms with van der Waals surface area (Å²) in [5.74, 6) is 2.00. The summed E-state index contributed by atoms with van der Waals surface area (Å²) in [7, 11) is 2.65. The molecule has 2 bridgehead atoms. The van der Waals surface area contributed by atoms with E-state index in [9.17, 15) is 9.59 Å². The Hall–Kier alpha value is -2.56. The molecule has 1 heterocycles. The van der Waals surface area contributed by atoms with E-state index in [-0.39, 0.29) is 53.9 Å². The SMILES string of the molecule is COc1ccc(CC(=O)NC[C@H](NC2C=CC2)C(=O)N[C@@H](CC(C)C)B2O[C@@H]3C[C@@H]4C[C@@H](C4(C)C)[C@]3(C)O2)cc1OC. The quantitative estimate of drug-likeness (QED) is 0.242. The van der Waals surface area contributed by atoms with E-state index in [1.807, 2.05) is 12.1 Å². The Morgan fingerprint density at radius 3 is 2.48 bits per heavy atom. The number of hydrogen-bond donors (Lipinski definition) is 3. The Labute approximate surface area is 251 Å². The van der Waals surface area contributed by atoms with E-state index >= 15 is 0 Å². The maximum absolute atomic E-state index is 13.8.